The summed E-state index contributed by atoms with van der Waals surface area (Å²) >= 11 is 0. The molecule has 7 heteroatoms. The van der Waals surface area contributed by atoms with Gasteiger partial charge in [0.25, 0.3) is 0 Å². The number of carbonyl (C=O) groups is 1. The van der Waals surface area contributed by atoms with E-state index in [1.807, 2.05) is 11.0 Å². The summed E-state index contributed by atoms with van der Waals surface area (Å²) in [5.41, 5.74) is 0. The molecule has 0 radical (unpaired) electrons. The summed E-state index contributed by atoms with van der Waals surface area (Å²) in [5.74, 6) is 1.82. The average molecular weight is 344 g/mol. The summed E-state index contributed by atoms with van der Waals surface area (Å²) in [5, 5.41) is 0. The second-order valence-corrected chi connectivity index (χ2v) is 6.63. The van der Waals surface area contributed by atoms with Crippen molar-refractivity contribution < 1.29 is 14.3 Å². The average Bonchev–Trinajstić information content (AvgIpc) is 3.23. The van der Waals surface area contributed by atoms with E-state index in [1.54, 1.807) is 6.20 Å². The molecule has 0 N–H and O–H groups in total. The molecule has 134 valence electrons. The molecule has 2 fully saturated rings. The Bertz CT molecular complexity index is 637. The van der Waals surface area contributed by atoms with Gasteiger partial charge in [0.1, 0.15) is 11.9 Å². The lowest BCUT2D eigenvalue weighted by atomic mass is 10.0. The van der Waals surface area contributed by atoms with Crippen LogP contribution >= 0.6 is 0 Å². The Morgan fingerprint density at radius 3 is 2.64 bits per heavy atom. The highest BCUT2D eigenvalue weighted by atomic mass is 16.5. The first-order chi connectivity index (χ1) is 12.3. The highest BCUT2D eigenvalue weighted by Gasteiger charge is 2.34. The van der Waals surface area contributed by atoms with Crippen molar-refractivity contribution in [3.05, 3.63) is 30.2 Å². The molecule has 1 atom stereocenters. The van der Waals surface area contributed by atoms with E-state index < -0.39 is 0 Å². The van der Waals surface area contributed by atoms with E-state index in [2.05, 4.69) is 22.0 Å². The zero-order chi connectivity index (χ0) is 17.1. The zero-order valence-electron chi connectivity index (χ0n) is 14.3. The molecule has 3 heterocycles. The number of ether oxygens (including phenoxy) is 2. The normalized spacial score (nSPS) is 24.7. The van der Waals surface area contributed by atoms with Crippen molar-refractivity contribution in [3.63, 3.8) is 0 Å². The molecule has 2 saturated heterocycles. The van der Waals surface area contributed by atoms with Gasteiger partial charge in [-0.2, -0.15) is 0 Å². The molecule has 4 rings (SSSR count). The molecule has 1 aromatic rings. The molecule has 2 aliphatic heterocycles. The van der Waals surface area contributed by atoms with Gasteiger partial charge in [-0.05, 0) is 18.9 Å². The van der Waals surface area contributed by atoms with Gasteiger partial charge in [0.2, 0.25) is 5.91 Å². The first-order valence-corrected chi connectivity index (χ1v) is 9.02. The van der Waals surface area contributed by atoms with Crippen molar-refractivity contribution in [3.8, 4) is 0 Å². The molecule has 25 heavy (non-hydrogen) atoms. The van der Waals surface area contributed by atoms with Gasteiger partial charge in [0.05, 0.1) is 26.4 Å². The monoisotopic (exact) mass is 344 g/mol. The largest absolute Gasteiger partial charge is 0.378 e. The maximum Gasteiger partial charge on any atom is 0.227 e. The summed E-state index contributed by atoms with van der Waals surface area (Å²) in [6.07, 6.45) is 7.62. The summed E-state index contributed by atoms with van der Waals surface area (Å²) in [6, 6.07) is 1.72. The van der Waals surface area contributed by atoms with Crippen molar-refractivity contribution in [2.45, 2.75) is 18.9 Å². The van der Waals surface area contributed by atoms with Gasteiger partial charge in [-0.3, -0.25) is 4.79 Å². The predicted molar refractivity (Wildman–Crippen MR) is 92.2 cm³/mol. The SMILES string of the molecule is O=C(C1CC=CC1)N1CCOC[C@@H]1c1nccc(N2CCOCC2)n1. The Morgan fingerprint density at radius 2 is 1.84 bits per heavy atom. The highest BCUT2D eigenvalue weighted by molar-refractivity contribution is 5.80. The van der Waals surface area contributed by atoms with Gasteiger partial charge in [-0.25, -0.2) is 9.97 Å². The smallest absolute Gasteiger partial charge is 0.227 e. The summed E-state index contributed by atoms with van der Waals surface area (Å²) < 4.78 is 11.1. The first-order valence-electron chi connectivity index (χ1n) is 9.02. The summed E-state index contributed by atoms with van der Waals surface area (Å²) in [4.78, 5) is 26.2. The van der Waals surface area contributed by atoms with Gasteiger partial charge < -0.3 is 19.3 Å². The maximum absolute atomic E-state index is 12.9. The third-order valence-electron chi connectivity index (χ3n) is 5.06. The number of nitrogens with zero attached hydrogens (tertiary/aromatic N) is 4. The van der Waals surface area contributed by atoms with Crippen LogP contribution in [0, 0.1) is 5.92 Å². The molecule has 0 bridgehead atoms. The molecule has 0 spiro atoms. The number of carbonyl (C=O) groups excluding carboxylic acids is 1. The van der Waals surface area contributed by atoms with E-state index in [1.165, 1.54) is 0 Å². The van der Waals surface area contributed by atoms with Crippen LogP contribution in [0.15, 0.2) is 24.4 Å². The summed E-state index contributed by atoms with van der Waals surface area (Å²) in [7, 11) is 0. The fourth-order valence-electron chi connectivity index (χ4n) is 3.63. The predicted octanol–water partition coefficient (Wildman–Crippen LogP) is 1.18. The van der Waals surface area contributed by atoms with E-state index in [0.29, 0.717) is 38.8 Å². The lowest BCUT2D eigenvalue weighted by molar-refractivity contribution is -0.144. The van der Waals surface area contributed by atoms with Crippen LogP contribution in [0.25, 0.3) is 0 Å². The van der Waals surface area contributed by atoms with E-state index >= 15 is 0 Å². The molecule has 1 amide bonds. The van der Waals surface area contributed by atoms with E-state index in [0.717, 1.165) is 31.7 Å². The number of morpholine rings is 2. The number of aromatic nitrogens is 2. The lowest BCUT2D eigenvalue weighted by Gasteiger charge is -2.36. The minimum Gasteiger partial charge on any atom is -0.378 e. The number of hydrogen-bond acceptors (Lipinski definition) is 6. The fourth-order valence-corrected chi connectivity index (χ4v) is 3.63. The van der Waals surface area contributed by atoms with Crippen molar-refractivity contribution in [2.24, 2.45) is 5.92 Å². The summed E-state index contributed by atoms with van der Waals surface area (Å²) in [6.45, 7) is 4.72. The molecule has 0 saturated carbocycles. The van der Waals surface area contributed by atoms with E-state index in [-0.39, 0.29) is 17.9 Å². The standard InChI is InChI=1S/C18H24N4O3/c23-18(14-3-1-2-4-14)22-9-12-25-13-15(22)17-19-6-5-16(20-17)21-7-10-24-11-8-21/h1-2,5-6,14-15H,3-4,7-13H2/t15-/m1/s1. The van der Waals surface area contributed by atoms with Crippen molar-refractivity contribution in [2.75, 3.05) is 51.0 Å². The van der Waals surface area contributed by atoms with Crippen LogP contribution in [0.2, 0.25) is 0 Å². The topological polar surface area (TPSA) is 67.8 Å². The van der Waals surface area contributed by atoms with Crippen LogP contribution in [0.5, 0.6) is 0 Å². The molecular weight excluding hydrogens is 320 g/mol. The number of anilines is 1. The lowest BCUT2D eigenvalue weighted by Crippen LogP contribution is -2.46. The molecular formula is C18H24N4O3. The van der Waals surface area contributed by atoms with Crippen LogP contribution < -0.4 is 4.90 Å². The maximum atomic E-state index is 12.9. The molecule has 3 aliphatic rings. The minimum absolute atomic E-state index is 0.0584. The van der Waals surface area contributed by atoms with Gasteiger partial charge in [-0.15, -0.1) is 0 Å². The Labute approximate surface area is 147 Å². The van der Waals surface area contributed by atoms with Gasteiger partial charge >= 0.3 is 0 Å². The van der Waals surface area contributed by atoms with E-state index in [9.17, 15) is 4.79 Å². The number of amides is 1. The number of allylic oxidation sites excluding steroid dienone is 2. The van der Waals surface area contributed by atoms with Crippen LogP contribution in [0.3, 0.4) is 0 Å². The highest BCUT2D eigenvalue weighted by Crippen LogP contribution is 2.28. The Balaban J connectivity index is 1.54. The van der Waals surface area contributed by atoms with Gasteiger partial charge in [0, 0.05) is 31.7 Å². The van der Waals surface area contributed by atoms with E-state index in [4.69, 9.17) is 14.5 Å². The molecule has 0 unspecified atom stereocenters. The van der Waals surface area contributed by atoms with Crippen LogP contribution in [0.1, 0.15) is 24.7 Å². The molecule has 0 aromatic carbocycles. The van der Waals surface area contributed by atoms with Crippen LogP contribution in [-0.2, 0) is 14.3 Å². The van der Waals surface area contributed by atoms with Gasteiger partial charge in [0.15, 0.2) is 5.82 Å². The van der Waals surface area contributed by atoms with Gasteiger partial charge in [-0.1, -0.05) is 12.2 Å². The third kappa shape index (κ3) is 3.52. The van der Waals surface area contributed by atoms with Crippen molar-refractivity contribution >= 4 is 11.7 Å². The third-order valence-corrected chi connectivity index (χ3v) is 5.06. The van der Waals surface area contributed by atoms with Crippen molar-refractivity contribution in [1.29, 1.82) is 0 Å². The molecule has 7 nitrogen and oxygen atoms in total. The number of hydrogen-bond donors (Lipinski definition) is 0. The quantitative estimate of drug-likeness (QED) is 0.767. The molecule has 1 aromatic heterocycles. The minimum atomic E-state index is -0.206. The Morgan fingerprint density at radius 1 is 1.08 bits per heavy atom. The van der Waals surface area contributed by atoms with Crippen LogP contribution in [0.4, 0.5) is 5.82 Å². The second kappa shape index (κ2) is 7.49. The Kier molecular flexibility index (Phi) is 4.94. The Hall–Kier alpha value is -1.99. The second-order valence-electron chi connectivity index (χ2n) is 6.63. The number of rotatable bonds is 3. The first kappa shape index (κ1) is 16.5. The molecule has 1 aliphatic carbocycles. The zero-order valence-corrected chi connectivity index (χ0v) is 14.3. The van der Waals surface area contributed by atoms with Crippen molar-refractivity contribution in [1.82, 2.24) is 14.9 Å². The van der Waals surface area contributed by atoms with Crippen LogP contribution in [-0.4, -0.2) is 66.8 Å². The fraction of sp³-hybridized carbons (Fsp3) is 0.611.